The zero-order valence-corrected chi connectivity index (χ0v) is 11.2. The minimum absolute atomic E-state index is 0.635. The molecule has 8 atom stereocenters. The third kappa shape index (κ3) is 0.780. The number of hydrogen-bond acceptors (Lipinski definition) is 0. The Hall–Kier alpha value is -0.260. The van der Waals surface area contributed by atoms with Crippen molar-refractivity contribution in [2.24, 2.45) is 46.3 Å². The third-order valence-electron chi connectivity index (χ3n) is 7.95. The summed E-state index contributed by atoms with van der Waals surface area (Å²) in [5, 5.41) is 0. The average molecular weight is 228 g/mol. The highest BCUT2D eigenvalue weighted by Gasteiger charge is 2.77. The van der Waals surface area contributed by atoms with Gasteiger partial charge in [0.25, 0.3) is 0 Å². The molecule has 5 aliphatic carbocycles. The largest absolute Gasteiger partial charge is 0.0837 e. The molecule has 0 aliphatic heterocycles. The summed E-state index contributed by atoms with van der Waals surface area (Å²) in [6, 6.07) is 0. The summed E-state index contributed by atoms with van der Waals surface area (Å²) in [6.45, 7) is 5.23. The molecular formula is C17H24. The highest BCUT2D eigenvalue weighted by molar-refractivity contribution is 5.36. The lowest BCUT2D eigenvalue weighted by Gasteiger charge is -2.69. The van der Waals surface area contributed by atoms with Crippen molar-refractivity contribution < 1.29 is 0 Å². The van der Waals surface area contributed by atoms with Crippen molar-refractivity contribution in [1.29, 1.82) is 0 Å². The minimum atomic E-state index is 0.635. The van der Waals surface area contributed by atoms with Crippen LogP contribution in [0.1, 0.15) is 46.0 Å². The molecule has 0 radical (unpaired) electrons. The van der Waals surface area contributed by atoms with Crippen LogP contribution in [0.3, 0.4) is 0 Å². The summed E-state index contributed by atoms with van der Waals surface area (Å²) < 4.78 is 0. The molecule has 8 unspecified atom stereocenters. The molecule has 5 rings (SSSR count). The standard InChI is InChI=1S/C17H24/c1-16-8-7-13(16)14-11-9-17(2,15(14)16)12-6-4-3-5-10(11)12/h7-8,10-15H,3-6,9H2,1-2H3. The average Bonchev–Trinajstić information content (AvgIpc) is 2.76. The van der Waals surface area contributed by atoms with E-state index in [9.17, 15) is 0 Å². The first-order valence-electron chi connectivity index (χ1n) is 7.86. The van der Waals surface area contributed by atoms with Crippen LogP contribution in [0.25, 0.3) is 0 Å². The molecule has 0 spiro atoms. The second kappa shape index (κ2) is 2.53. The molecule has 0 amide bonds. The van der Waals surface area contributed by atoms with Gasteiger partial charge >= 0.3 is 0 Å². The van der Waals surface area contributed by atoms with Gasteiger partial charge in [-0.1, -0.05) is 38.8 Å². The highest BCUT2D eigenvalue weighted by Crippen LogP contribution is 2.82. The van der Waals surface area contributed by atoms with Crippen LogP contribution < -0.4 is 0 Å². The van der Waals surface area contributed by atoms with Crippen LogP contribution in [0, 0.1) is 46.3 Å². The lowest BCUT2D eigenvalue weighted by atomic mass is 9.34. The van der Waals surface area contributed by atoms with Gasteiger partial charge < -0.3 is 0 Å². The van der Waals surface area contributed by atoms with Crippen LogP contribution in [0.5, 0.6) is 0 Å². The quantitative estimate of drug-likeness (QED) is 0.429. The third-order valence-corrected chi connectivity index (χ3v) is 7.95. The number of allylic oxidation sites excluding steroid dienone is 2. The summed E-state index contributed by atoms with van der Waals surface area (Å²) in [7, 11) is 0. The lowest BCUT2D eigenvalue weighted by Crippen LogP contribution is -2.65. The molecule has 0 aromatic rings. The first kappa shape index (κ1) is 9.64. The summed E-state index contributed by atoms with van der Waals surface area (Å²) in [6.07, 6.45) is 12.9. The van der Waals surface area contributed by atoms with E-state index >= 15 is 0 Å². The van der Waals surface area contributed by atoms with Gasteiger partial charge in [-0.15, -0.1) is 0 Å². The fourth-order valence-electron chi connectivity index (χ4n) is 7.61. The van der Waals surface area contributed by atoms with E-state index in [4.69, 9.17) is 0 Å². The van der Waals surface area contributed by atoms with Gasteiger partial charge in [0, 0.05) is 0 Å². The molecule has 0 aromatic carbocycles. The molecule has 5 aliphatic rings. The maximum absolute atomic E-state index is 2.67. The molecule has 92 valence electrons. The van der Waals surface area contributed by atoms with Crippen LogP contribution in [-0.2, 0) is 0 Å². The van der Waals surface area contributed by atoms with E-state index in [1.807, 2.05) is 0 Å². The SMILES string of the molecule is CC12C=CC1C1C3CC(C)(C4CCCCC34)C12. The maximum atomic E-state index is 2.67. The molecule has 0 N–H and O–H groups in total. The second-order valence-electron chi connectivity index (χ2n) is 8.23. The van der Waals surface area contributed by atoms with Gasteiger partial charge in [-0.2, -0.15) is 0 Å². The molecule has 2 bridgehead atoms. The van der Waals surface area contributed by atoms with Gasteiger partial charge in [0.15, 0.2) is 0 Å². The Morgan fingerprint density at radius 1 is 1.06 bits per heavy atom. The molecule has 4 fully saturated rings. The molecule has 0 heteroatoms. The summed E-state index contributed by atoms with van der Waals surface area (Å²) in [5.41, 5.74) is 1.37. The Kier molecular flexibility index (Phi) is 1.44. The van der Waals surface area contributed by atoms with Crippen molar-refractivity contribution in [1.82, 2.24) is 0 Å². The van der Waals surface area contributed by atoms with Crippen molar-refractivity contribution in [3.63, 3.8) is 0 Å². The van der Waals surface area contributed by atoms with E-state index in [1.165, 1.54) is 12.8 Å². The minimum Gasteiger partial charge on any atom is -0.0837 e. The monoisotopic (exact) mass is 228 g/mol. The van der Waals surface area contributed by atoms with Gasteiger partial charge in [-0.05, 0) is 65.6 Å². The van der Waals surface area contributed by atoms with E-state index < -0.39 is 0 Å². The number of rotatable bonds is 0. The van der Waals surface area contributed by atoms with Crippen molar-refractivity contribution in [3.8, 4) is 0 Å². The summed E-state index contributed by atoms with van der Waals surface area (Å²) >= 11 is 0. The molecular weight excluding hydrogens is 204 g/mol. The molecule has 4 saturated carbocycles. The molecule has 0 heterocycles. The van der Waals surface area contributed by atoms with Gasteiger partial charge in [0.1, 0.15) is 0 Å². The van der Waals surface area contributed by atoms with Crippen LogP contribution in [0.4, 0.5) is 0 Å². The Morgan fingerprint density at radius 3 is 2.65 bits per heavy atom. The van der Waals surface area contributed by atoms with Crippen LogP contribution in [-0.4, -0.2) is 0 Å². The smallest absolute Gasteiger partial charge is 0.00443 e. The molecule has 0 aromatic heterocycles. The van der Waals surface area contributed by atoms with Gasteiger partial charge in [-0.3, -0.25) is 0 Å². The maximum Gasteiger partial charge on any atom is -0.00443 e. The van der Waals surface area contributed by atoms with Crippen molar-refractivity contribution in [2.75, 3.05) is 0 Å². The van der Waals surface area contributed by atoms with Crippen LogP contribution >= 0.6 is 0 Å². The Labute approximate surface area is 105 Å². The van der Waals surface area contributed by atoms with E-state index in [2.05, 4.69) is 26.0 Å². The van der Waals surface area contributed by atoms with Crippen molar-refractivity contribution >= 4 is 0 Å². The van der Waals surface area contributed by atoms with Crippen LogP contribution in [0.2, 0.25) is 0 Å². The zero-order chi connectivity index (χ0) is 11.4. The molecule has 0 saturated heterocycles. The van der Waals surface area contributed by atoms with E-state index in [0.29, 0.717) is 5.41 Å². The lowest BCUT2D eigenvalue weighted by molar-refractivity contribution is -0.171. The number of hydrogen-bond donors (Lipinski definition) is 0. The normalized spacial score (nSPS) is 70.0. The predicted octanol–water partition coefficient (Wildman–Crippen LogP) is 4.27. The molecule has 17 heavy (non-hydrogen) atoms. The van der Waals surface area contributed by atoms with Crippen molar-refractivity contribution in [2.45, 2.75) is 46.0 Å². The van der Waals surface area contributed by atoms with Gasteiger partial charge in [-0.25, -0.2) is 0 Å². The van der Waals surface area contributed by atoms with E-state index in [-0.39, 0.29) is 0 Å². The van der Waals surface area contributed by atoms with E-state index in [0.717, 1.165) is 40.9 Å². The highest BCUT2D eigenvalue weighted by atomic mass is 14.8. The summed E-state index contributed by atoms with van der Waals surface area (Å²) in [4.78, 5) is 0. The fourth-order valence-corrected chi connectivity index (χ4v) is 7.61. The number of fused-ring (bicyclic) bond motifs is 11. The van der Waals surface area contributed by atoms with Crippen molar-refractivity contribution in [3.05, 3.63) is 12.2 Å². The van der Waals surface area contributed by atoms with E-state index in [1.54, 1.807) is 19.3 Å². The Bertz CT molecular complexity index is 422. The Morgan fingerprint density at radius 2 is 1.88 bits per heavy atom. The second-order valence-corrected chi connectivity index (χ2v) is 8.23. The topological polar surface area (TPSA) is 0 Å². The Balaban J connectivity index is 1.61. The van der Waals surface area contributed by atoms with Crippen LogP contribution in [0.15, 0.2) is 12.2 Å². The predicted molar refractivity (Wildman–Crippen MR) is 69.4 cm³/mol. The first-order chi connectivity index (χ1) is 8.16. The van der Waals surface area contributed by atoms with Gasteiger partial charge in [0.2, 0.25) is 0 Å². The zero-order valence-electron chi connectivity index (χ0n) is 11.2. The molecule has 0 nitrogen and oxygen atoms in total. The summed E-state index contributed by atoms with van der Waals surface area (Å²) in [5.74, 6) is 6.52. The fraction of sp³-hybridized carbons (Fsp3) is 0.882. The first-order valence-corrected chi connectivity index (χ1v) is 7.86. The van der Waals surface area contributed by atoms with Gasteiger partial charge in [0.05, 0.1) is 0 Å².